The predicted molar refractivity (Wildman–Crippen MR) is 90.0 cm³/mol. The van der Waals surface area contributed by atoms with E-state index in [1.165, 1.54) is 0 Å². The number of likely N-dealkylation sites (tertiary alicyclic amines) is 1. The van der Waals surface area contributed by atoms with E-state index in [0.29, 0.717) is 19.5 Å². The summed E-state index contributed by atoms with van der Waals surface area (Å²) in [6.07, 6.45) is 0.0650. The van der Waals surface area contributed by atoms with E-state index in [-0.39, 0.29) is 18.2 Å². The van der Waals surface area contributed by atoms with E-state index < -0.39 is 23.6 Å². The van der Waals surface area contributed by atoms with Crippen LogP contribution in [0.1, 0.15) is 22.3 Å². The molecule has 2 unspecified atom stereocenters. The van der Waals surface area contributed by atoms with Crippen molar-refractivity contribution in [1.82, 2.24) is 10.2 Å². The fourth-order valence-corrected chi connectivity index (χ4v) is 3.16. The van der Waals surface area contributed by atoms with Crippen LogP contribution in [0.15, 0.2) is 48.5 Å². The highest BCUT2D eigenvalue weighted by molar-refractivity contribution is 5.94. The molecule has 2 aromatic carbocycles. The Morgan fingerprint density at radius 1 is 1.20 bits per heavy atom. The van der Waals surface area contributed by atoms with Crippen LogP contribution >= 0.6 is 0 Å². The maximum atomic E-state index is 13.7. The van der Waals surface area contributed by atoms with Crippen LogP contribution in [0.5, 0.6) is 0 Å². The van der Waals surface area contributed by atoms with E-state index in [4.69, 9.17) is 0 Å². The minimum atomic E-state index is -0.758. The first-order valence-electron chi connectivity index (χ1n) is 8.22. The second-order valence-electron chi connectivity index (χ2n) is 6.29. The standard InChI is InChI=1S/C19H20F2N2O2/c20-14-6-7-18(21)17(8-14)19(25)22-10-15-9-16(24)12-23(15)11-13-4-2-1-3-5-13/h1-8,15-16,24H,9-12H2,(H,22,25). The van der Waals surface area contributed by atoms with Crippen LogP contribution in [0, 0.1) is 11.6 Å². The fourth-order valence-electron chi connectivity index (χ4n) is 3.16. The molecule has 0 spiro atoms. The minimum absolute atomic E-state index is 0.0595. The van der Waals surface area contributed by atoms with Gasteiger partial charge in [-0.1, -0.05) is 30.3 Å². The molecule has 1 aliphatic rings. The van der Waals surface area contributed by atoms with Gasteiger partial charge < -0.3 is 10.4 Å². The summed E-state index contributed by atoms with van der Waals surface area (Å²) in [5, 5.41) is 12.6. The van der Waals surface area contributed by atoms with Crippen LogP contribution < -0.4 is 5.32 Å². The van der Waals surface area contributed by atoms with Crippen LogP contribution in [0.3, 0.4) is 0 Å². The zero-order valence-corrected chi connectivity index (χ0v) is 13.7. The molecule has 0 saturated carbocycles. The Kier molecular flexibility index (Phi) is 5.40. The van der Waals surface area contributed by atoms with E-state index in [1.54, 1.807) is 0 Å². The molecule has 1 amide bonds. The van der Waals surface area contributed by atoms with Crippen LogP contribution in [-0.2, 0) is 6.54 Å². The van der Waals surface area contributed by atoms with Crippen molar-refractivity contribution >= 4 is 5.91 Å². The molecule has 3 rings (SSSR count). The largest absolute Gasteiger partial charge is 0.392 e. The number of halogens is 2. The van der Waals surface area contributed by atoms with Crippen molar-refractivity contribution in [2.45, 2.75) is 25.1 Å². The van der Waals surface area contributed by atoms with Crippen LogP contribution in [0.2, 0.25) is 0 Å². The molecule has 2 N–H and O–H groups in total. The molecule has 1 aliphatic heterocycles. The lowest BCUT2D eigenvalue weighted by molar-refractivity contribution is 0.0935. The molecule has 1 fully saturated rings. The first kappa shape index (κ1) is 17.5. The van der Waals surface area contributed by atoms with E-state index in [9.17, 15) is 18.7 Å². The highest BCUT2D eigenvalue weighted by Gasteiger charge is 2.31. The minimum Gasteiger partial charge on any atom is -0.392 e. The SMILES string of the molecule is O=C(NCC1CC(O)CN1Cc1ccccc1)c1cc(F)ccc1F. The molecule has 1 heterocycles. The summed E-state index contributed by atoms with van der Waals surface area (Å²) in [4.78, 5) is 14.2. The second-order valence-corrected chi connectivity index (χ2v) is 6.29. The quantitative estimate of drug-likeness (QED) is 0.874. The third-order valence-corrected chi connectivity index (χ3v) is 4.41. The summed E-state index contributed by atoms with van der Waals surface area (Å²) in [5.74, 6) is -2.07. The van der Waals surface area contributed by atoms with Gasteiger partial charge >= 0.3 is 0 Å². The molecule has 2 atom stereocenters. The van der Waals surface area contributed by atoms with Crippen molar-refractivity contribution in [3.63, 3.8) is 0 Å². The topological polar surface area (TPSA) is 52.6 Å². The Balaban J connectivity index is 1.62. The van der Waals surface area contributed by atoms with Crippen molar-refractivity contribution in [2.24, 2.45) is 0 Å². The maximum absolute atomic E-state index is 13.7. The monoisotopic (exact) mass is 346 g/mol. The maximum Gasteiger partial charge on any atom is 0.254 e. The van der Waals surface area contributed by atoms with Gasteiger partial charge in [0.2, 0.25) is 0 Å². The Labute approximate surface area is 145 Å². The zero-order chi connectivity index (χ0) is 17.8. The van der Waals surface area contributed by atoms with Crippen molar-refractivity contribution < 1.29 is 18.7 Å². The van der Waals surface area contributed by atoms with Gasteiger partial charge in [-0.15, -0.1) is 0 Å². The molecule has 6 heteroatoms. The lowest BCUT2D eigenvalue weighted by Crippen LogP contribution is -2.40. The molecule has 4 nitrogen and oxygen atoms in total. The summed E-state index contributed by atoms with van der Waals surface area (Å²) in [5.41, 5.74) is 0.803. The van der Waals surface area contributed by atoms with E-state index in [2.05, 4.69) is 10.2 Å². The number of amides is 1. The fraction of sp³-hybridized carbons (Fsp3) is 0.316. The Hall–Kier alpha value is -2.31. The summed E-state index contributed by atoms with van der Waals surface area (Å²) in [7, 11) is 0. The molecular formula is C19H20F2N2O2. The predicted octanol–water partition coefficient (Wildman–Crippen LogP) is 2.33. The number of carbonyl (C=O) groups excluding carboxylic acids is 1. The summed E-state index contributed by atoms with van der Waals surface area (Å²) < 4.78 is 26.9. The molecule has 0 aliphatic carbocycles. The molecule has 1 saturated heterocycles. The van der Waals surface area contributed by atoms with Gasteiger partial charge in [0, 0.05) is 25.7 Å². The summed E-state index contributed by atoms with van der Waals surface area (Å²) >= 11 is 0. The summed E-state index contributed by atoms with van der Waals surface area (Å²) in [6.45, 7) is 1.44. The molecule has 0 aromatic heterocycles. The van der Waals surface area contributed by atoms with Gasteiger partial charge in [-0.2, -0.15) is 0 Å². The highest BCUT2D eigenvalue weighted by atomic mass is 19.1. The number of nitrogens with one attached hydrogen (secondary N) is 1. The third kappa shape index (κ3) is 4.41. The second kappa shape index (κ2) is 7.72. The van der Waals surface area contributed by atoms with Crippen LogP contribution in [0.25, 0.3) is 0 Å². The van der Waals surface area contributed by atoms with Gasteiger partial charge in [0.15, 0.2) is 0 Å². The Morgan fingerprint density at radius 3 is 2.72 bits per heavy atom. The molecule has 132 valence electrons. The Bertz CT molecular complexity index is 739. The zero-order valence-electron chi connectivity index (χ0n) is 13.7. The van der Waals surface area contributed by atoms with Crippen LogP contribution in [0.4, 0.5) is 8.78 Å². The van der Waals surface area contributed by atoms with Gasteiger partial charge in [0.05, 0.1) is 11.7 Å². The highest BCUT2D eigenvalue weighted by Crippen LogP contribution is 2.20. The van der Waals surface area contributed by atoms with E-state index in [0.717, 1.165) is 23.8 Å². The lowest BCUT2D eigenvalue weighted by Gasteiger charge is -2.24. The molecule has 0 bridgehead atoms. The van der Waals surface area contributed by atoms with Crippen LogP contribution in [-0.4, -0.2) is 41.1 Å². The van der Waals surface area contributed by atoms with Crippen molar-refractivity contribution in [2.75, 3.05) is 13.1 Å². The molecular weight excluding hydrogens is 326 g/mol. The normalized spacial score (nSPS) is 20.6. The number of hydrogen-bond acceptors (Lipinski definition) is 3. The van der Waals surface area contributed by atoms with Gasteiger partial charge in [-0.3, -0.25) is 9.69 Å². The number of benzene rings is 2. The van der Waals surface area contributed by atoms with E-state index in [1.807, 2.05) is 30.3 Å². The van der Waals surface area contributed by atoms with E-state index >= 15 is 0 Å². The van der Waals surface area contributed by atoms with Gasteiger partial charge in [0.25, 0.3) is 5.91 Å². The number of aliphatic hydroxyl groups excluding tert-OH is 1. The number of aliphatic hydroxyl groups is 1. The van der Waals surface area contributed by atoms with Crippen molar-refractivity contribution in [3.05, 3.63) is 71.3 Å². The van der Waals surface area contributed by atoms with Gasteiger partial charge in [-0.25, -0.2) is 8.78 Å². The molecule has 0 radical (unpaired) electrons. The van der Waals surface area contributed by atoms with Crippen molar-refractivity contribution in [3.8, 4) is 0 Å². The number of β-amino-alcohol motifs (C(OH)–C–C–N with tert-alkyl or cyclic N) is 1. The number of nitrogens with zero attached hydrogens (tertiary/aromatic N) is 1. The number of carbonyl (C=O) groups is 1. The van der Waals surface area contributed by atoms with Crippen molar-refractivity contribution in [1.29, 1.82) is 0 Å². The average molecular weight is 346 g/mol. The number of rotatable bonds is 5. The first-order valence-corrected chi connectivity index (χ1v) is 8.22. The third-order valence-electron chi connectivity index (χ3n) is 4.41. The van der Waals surface area contributed by atoms with Gasteiger partial charge in [-0.05, 0) is 30.2 Å². The molecule has 2 aromatic rings. The smallest absolute Gasteiger partial charge is 0.254 e. The Morgan fingerprint density at radius 2 is 1.96 bits per heavy atom. The lowest BCUT2D eigenvalue weighted by atomic mass is 10.1. The number of hydrogen-bond donors (Lipinski definition) is 2. The molecule has 25 heavy (non-hydrogen) atoms. The first-order chi connectivity index (χ1) is 12.0. The average Bonchev–Trinajstić information content (AvgIpc) is 2.95. The van der Waals surface area contributed by atoms with Gasteiger partial charge in [0.1, 0.15) is 11.6 Å². The summed E-state index contributed by atoms with van der Waals surface area (Å²) in [6, 6.07) is 12.6.